The maximum atomic E-state index is 10.1. The summed E-state index contributed by atoms with van der Waals surface area (Å²) in [6, 6.07) is 4.23. The molecule has 1 N–H and O–H groups in total. The molecule has 1 unspecified atom stereocenters. The van der Waals surface area contributed by atoms with Gasteiger partial charge in [-0.2, -0.15) is 0 Å². The second-order valence-electron chi connectivity index (χ2n) is 4.72. The van der Waals surface area contributed by atoms with Crippen molar-refractivity contribution in [3.05, 3.63) is 22.4 Å². The van der Waals surface area contributed by atoms with E-state index in [1.165, 1.54) is 17.7 Å². The molecule has 0 radical (unpaired) electrons. The first-order valence-corrected chi connectivity index (χ1v) is 6.28. The summed E-state index contributed by atoms with van der Waals surface area (Å²) in [5.74, 6) is 0.813. The van der Waals surface area contributed by atoms with Crippen LogP contribution in [0.4, 0.5) is 0 Å². The van der Waals surface area contributed by atoms with E-state index in [1.54, 1.807) is 11.3 Å². The molecule has 14 heavy (non-hydrogen) atoms. The minimum Gasteiger partial charge on any atom is -0.390 e. The minimum atomic E-state index is -0.439. The average molecular weight is 210 g/mol. The van der Waals surface area contributed by atoms with Crippen LogP contribution in [0.3, 0.4) is 0 Å². The first-order valence-electron chi connectivity index (χ1n) is 5.40. The maximum Gasteiger partial charge on any atom is 0.0625 e. The number of rotatable bonds is 5. The molecule has 2 rings (SSSR count). The Morgan fingerprint density at radius 1 is 1.57 bits per heavy atom. The Kier molecular flexibility index (Phi) is 2.93. The molecule has 1 aromatic heterocycles. The molecular formula is C12H18OS. The van der Waals surface area contributed by atoms with Crippen LogP contribution in [0, 0.1) is 5.92 Å². The highest BCUT2D eigenvalue weighted by molar-refractivity contribution is 7.09. The third kappa shape index (κ3) is 3.10. The van der Waals surface area contributed by atoms with Crippen molar-refractivity contribution in [3.8, 4) is 0 Å². The highest BCUT2D eigenvalue weighted by Crippen LogP contribution is 2.38. The van der Waals surface area contributed by atoms with Gasteiger partial charge in [-0.1, -0.05) is 18.9 Å². The molecule has 2 heteroatoms. The third-order valence-electron chi connectivity index (χ3n) is 2.92. The Morgan fingerprint density at radius 2 is 2.36 bits per heavy atom. The van der Waals surface area contributed by atoms with Crippen LogP contribution in [0.5, 0.6) is 0 Å². The van der Waals surface area contributed by atoms with E-state index in [2.05, 4.69) is 17.5 Å². The Balaban J connectivity index is 1.77. The fraction of sp³-hybridized carbons (Fsp3) is 0.667. The lowest BCUT2D eigenvalue weighted by Gasteiger charge is -2.22. The molecule has 0 aliphatic heterocycles. The minimum absolute atomic E-state index is 0.439. The molecule has 1 heterocycles. The lowest BCUT2D eigenvalue weighted by atomic mass is 9.93. The van der Waals surface area contributed by atoms with Crippen LogP contribution in [-0.4, -0.2) is 10.7 Å². The number of aryl methyl sites for hydroxylation is 1. The zero-order valence-corrected chi connectivity index (χ0v) is 9.52. The molecular weight excluding hydrogens is 192 g/mol. The predicted octanol–water partition coefficient (Wildman–Crippen LogP) is 3.23. The van der Waals surface area contributed by atoms with E-state index in [0.29, 0.717) is 0 Å². The van der Waals surface area contributed by atoms with Crippen molar-refractivity contribution in [3.63, 3.8) is 0 Å². The zero-order chi connectivity index (χ0) is 10.0. The monoisotopic (exact) mass is 210 g/mol. The summed E-state index contributed by atoms with van der Waals surface area (Å²) in [7, 11) is 0. The summed E-state index contributed by atoms with van der Waals surface area (Å²) in [5.41, 5.74) is -0.439. The molecule has 0 bridgehead atoms. The molecule has 0 spiro atoms. The molecule has 1 nitrogen and oxygen atoms in total. The van der Waals surface area contributed by atoms with Gasteiger partial charge in [-0.25, -0.2) is 0 Å². The third-order valence-corrected chi connectivity index (χ3v) is 3.85. The van der Waals surface area contributed by atoms with Gasteiger partial charge in [-0.05, 0) is 43.6 Å². The van der Waals surface area contributed by atoms with E-state index >= 15 is 0 Å². The highest BCUT2D eigenvalue weighted by Gasteiger charge is 2.31. The van der Waals surface area contributed by atoms with Gasteiger partial charge in [0.2, 0.25) is 0 Å². The fourth-order valence-electron chi connectivity index (χ4n) is 1.89. The zero-order valence-electron chi connectivity index (χ0n) is 8.70. The van der Waals surface area contributed by atoms with Gasteiger partial charge in [0.15, 0.2) is 0 Å². The topological polar surface area (TPSA) is 20.2 Å². The van der Waals surface area contributed by atoms with Gasteiger partial charge in [0, 0.05) is 4.88 Å². The largest absolute Gasteiger partial charge is 0.390 e. The molecule has 1 aromatic rings. The van der Waals surface area contributed by atoms with Gasteiger partial charge >= 0.3 is 0 Å². The average Bonchev–Trinajstić information content (AvgIpc) is 2.78. The summed E-state index contributed by atoms with van der Waals surface area (Å²) in [5, 5.41) is 12.2. The van der Waals surface area contributed by atoms with Gasteiger partial charge in [0.05, 0.1) is 5.60 Å². The molecule has 1 fully saturated rings. The van der Waals surface area contributed by atoms with Crippen LogP contribution >= 0.6 is 11.3 Å². The van der Waals surface area contributed by atoms with Gasteiger partial charge in [-0.3, -0.25) is 0 Å². The van der Waals surface area contributed by atoms with E-state index in [9.17, 15) is 5.11 Å². The fourth-order valence-corrected chi connectivity index (χ4v) is 2.60. The van der Waals surface area contributed by atoms with Crippen LogP contribution < -0.4 is 0 Å². The van der Waals surface area contributed by atoms with Crippen molar-refractivity contribution in [2.45, 2.75) is 44.6 Å². The maximum absolute atomic E-state index is 10.1. The Labute approximate surface area is 89.8 Å². The summed E-state index contributed by atoms with van der Waals surface area (Å²) >= 11 is 1.79. The van der Waals surface area contributed by atoms with Crippen molar-refractivity contribution >= 4 is 11.3 Å². The van der Waals surface area contributed by atoms with Crippen LogP contribution in [0.25, 0.3) is 0 Å². The molecule has 0 amide bonds. The molecule has 1 saturated carbocycles. The predicted molar refractivity (Wildman–Crippen MR) is 60.6 cm³/mol. The highest BCUT2D eigenvalue weighted by atomic mass is 32.1. The molecule has 0 saturated heterocycles. The molecule has 78 valence electrons. The van der Waals surface area contributed by atoms with Crippen molar-refractivity contribution in [1.82, 2.24) is 0 Å². The quantitative estimate of drug-likeness (QED) is 0.791. The summed E-state index contributed by atoms with van der Waals surface area (Å²) in [4.78, 5) is 1.39. The number of aliphatic hydroxyl groups is 1. The van der Waals surface area contributed by atoms with Crippen LogP contribution in [0.2, 0.25) is 0 Å². The molecule has 0 aromatic carbocycles. The number of hydrogen-bond donors (Lipinski definition) is 1. The summed E-state index contributed by atoms with van der Waals surface area (Å²) in [6.07, 6.45) is 5.59. The summed E-state index contributed by atoms with van der Waals surface area (Å²) < 4.78 is 0. The van der Waals surface area contributed by atoms with E-state index in [0.717, 1.165) is 25.2 Å². The van der Waals surface area contributed by atoms with E-state index in [1.807, 2.05) is 6.92 Å². The van der Waals surface area contributed by atoms with E-state index < -0.39 is 5.60 Å². The molecule has 1 aliphatic carbocycles. The van der Waals surface area contributed by atoms with Gasteiger partial charge in [0.1, 0.15) is 0 Å². The van der Waals surface area contributed by atoms with Gasteiger partial charge < -0.3 is 5.11 Å². The smallest absolute Gasteiger partial charge is 0.0625 e. The normalized spacial score (nSPS) is 20.7. The van der Waals surface area contributed by atoms with Crippen molar-refractivity contribution in [2.75, 3.05) is 0 Å². The first-order chi connectivity index (χ1) is 6.66. The molecule has 1 atom stereocenters. The van der Waals surface area contributed by atoms with Crippen LogP contribution in [0.1, 0.15) is 37.5 Å². The van der Waals surface area contributed by atoms with E-state index in [4.69, 9.17) is 0 Å². The standard InChI is InChI=1S/C12H18OS/c1-12(13,9-10-4-5-10)7-6-11-3-2-8-14-11/h2-3,8,10,13H,4-7,9H2,1H3. The van der Waals surface area contributed by atoms with Crippen LogP contribution in [-0.2, 0) is 6.42 Å². The summed E-state index contributed by atoms with van der Waals surface area (Å²) in [6.45, 7) is 1.99. The number of hydrogen-bond acceptors (Lipinski definition) is 2. The van der Waals surface area contributed by atoms with Crippen molar-refractivity contribution in [1.29, 1.82) is 0 Å². The van der Waals surface area contributed by atoms with Crippen molar-refractivity contribution < 1.29 is 5.11 Å². The van der Waals surface area contributed by atoms with Crippen molar-refractivity contribution in [2.24, 2.45) is 5.92 Å². The number of thiophene rings is 1. The second kappa shape index (κ2) is 4.03. The SMILES string of the molecule is CC(O)(CCc1cccs1)CC1CC1. The Bertz CT molecular complexity index is 273. The Hall–Kier alpha value is -0.340. The molecule has 1 aliphatic rings. The lowest BCUT2D eigenvalue weighted by Crippen LogP contribution is -2.25. The first kappa shape index (κ1) is 10.2. The van der Waals surface area contributed by atoms with Gasteiger partial charge in [0.25, 0.3) is 0 Å². The lowest BCUT2D eigenvalue weighted by molar-refractivity contribution is 0.0369. The Morgan fingerprint density at radius 3 is 2.93 bits per heavy atom. The van der Waals surface area contributed by atoms with E-state index in [-0.39, 0.29) is 0 Å². The van der Waals surface area contributed by atoms with Crippen LogP contribution in [0.15, 0.2) is 17.5 Å². The second-order valence-corrected chi connectivity index (χ2v) is 5.76. The van der Waals surface area contributed by atoms with Gasteiger partial charge in [-0.15, -0.1) is 11.3 Å².